The lowest BCUT2D eigenvalue weighted by molar-refractivity contribution is -0.140. The molecular weight excluding hydrogens is 463 g/mol. The van der Waals surface area contributed by atoms with Gasteiger partial charge in [-0.25, -0.2) is 19.4 Å². The largest absolute Gasteiger partial charge is 0.435 e. The van der Waals surface area contributed by atoms with Crippen LogP contribution < -0.4 is 0 Å². The molecule has 0 bridgehead atoms. The number of benzene rings is 2. The Hall–Kier alpha value is -3.56. The van der Waals surface area contributed by atoms with Crippen molar-refractivity contribution in [3.05, 3.63) is 89.0 Å². The van der Waals surface area contributed by atoms with Gasteiger partial charge >= 0.3 is 12.4 Å². The molecule has 0 amide bonds. The molecule has 3 rings (SSSR count). The van der Waals surface area contributed by atoms with Crippen molar-refractivity contribution in [2.45, 2.75) is 32.6 Å². The summed E-state index contributed by atoms with van der Waals surface area (Å²) in [6.07, 6.45) is -8.04. The summed E-state index contributed by atoms with van der Waals surface area (Å²) >= 11 is 0. The van der Waals surface area contributed by atoms with Crippen LogP contribution in [0.25, 0.3) is 11.4 Å². The summed E-state index contributed by atoms with van der Waals surface area (Å²) in [6.45, 7) is 6.23. The predicted molar refractivity (Wildman–Crippen MR) is 114 cm³/mol. The van der Waals surface area contributed by atoms with Crippen LogP contribution >= 0.6 is 0 Å². The van der Waals surface area contributed by atoms with Crippen LogP contribution in [0.15, 0.2) is 60.1 Å². The molecule has 0 atom stereocenters. The zero-order chi connectivity index (χ0) is 25.3. The quantitative estimate of drug-likeness (QED) is 0.215. The van der Waals surface area contributed by atoms with Gasteiger partial charge in [0.15, 0.2) is 11.5 Å². The van der Waals surface area contributed by atoms with E-state index in [4.69, 9.17) is 0 Å². The van der Waals surface area contributed by atoms with Crippen molar-refractivity contribution < 1.29 is 30.7 Å². The summed E-state index contributed by atoms with van der Waals surface area (Å²) in [7, 11) is 0. The van der Waals surface area contributed by atoms with Gasteiger partial charge in [0, 0.05) is 11.3 Å². The molecule has 0 N–H and O–H groups in total. The maximum Gasteiger partial charge on any atom is 0.435 e. The monoisotopic (exact) mass is 481 g/mol. The Morgan fingerprint density at radius 3 is 2.18 bits per heavy atom. The van der Waals surface area contributed by atoms with Crippen LogP contribution in [0.3, 0.4) is 0 Å². The van der Waals surface area contributed by atoms with E-state index in [1.165, 1.54) is 32.1 Å². The standard InChI is InChI=1S/C24H18F7N3/c1-4-5-16-12-17(23(26,27)28)8-11-19(16)13(2)32-20-14(3)33-22(34-21(20)24(29,30)31)15-6-9-18(25)10-7-15/h4,6-12H,1,5H2,2-3H3. The van der Waals surface area contributed by atoms with E-state index in [9.17, 15) is 30.7 Å². The van der Waals surface area contributed by atoms with Gasteiger partial charge < -0.3 is 0 Å². The third-order valence-corrected chi connectivity index (χ3v) is 4.90. The number of nitrogens with zero attached hydrogens (tertiary/aromatic N) is 3. The van der Waals surface area contributed by atoms with Crippen molar-refractivity contribution in [3.63, 3.8) is 0 Å². The van der Waals surface area contributed by atoms with Crippen molar-refractivity contribution in [3.8, 4) is 11.4 Å². The minimum absolute atomic E-state index is 0.0528. The van der Waals surface area contributed by atoms with Gasteiger partial charge in [-0.1, -0.05) is 12.1 Å². The van der Waals surface area contributed by atoms with Gasteiger partial charge in [0.1, 0.15) is 11.5 Å². The molecule has 0 saturated heterocycles. The molecule has 1 aromatic heterocycles. The molecule has 2 aromatic carbocycles. The third kappa shape index (κ3) is 5.49. The van der Waals surface area contributed by atoms with E-state index in [0.717, 1.165) is 30.3 Å². The zero-order valence-electron chi connectivity index (χ0n) is 18.0. The molecule has 10 heteroatoms. The Labute approximate surface area is 190 Å². The fraction of sp³-hybridized carbons (Fsp3) is 0.208. The fourth-order valence-corrected chi connectivity index (χ4v) is 3.30. The van der Waals surface area contributed by atoms with E-state index in [0.29, 0.717) is 0 Å². The molecule has 0 saturated carbocycles. The Morgan fingerprint density at radius 2 is 1.62 bits per heavy atom. The first-order valence-electron chi connectivity index (χ1n) is 9.89. The number of rotatable bonds is 5. The van der Waals surface area contributed by atoms with Crippen LogP contribution in [0.1, 0.15) is 35.0 Å². The molecule has 0 unspecified atom stereocenters. The Balaban J connectivity index is 2.17. The number of aryl methyl sites for hydroxylation is 1. The van der Waals surface area contributed by atoms with Gasteiger partial charge in [-0.3, -0.25) is 0 Å². The molecule has 0 spiro atoms. The van der Waals surface area contributed by atoms with Crippen molar-refractivity contribution in [2.75, 3.05) is 0 Å². The highest BCUT2D eigenvalue weighted by molar-refractivity contribution is 6.02. The van der Waals surface area contributed by atoms with Crippen LogP contribution in [-0.4, -0.2) is 15.7 Å². The highest BCUT2D eigenvalue weighted by Crippen LogP contribution is 2.38. The molecule has 0 aliphatic rings. The molecule has 3 aromatic rings. The highest BCUT2D eigenvalue weighted by atomic mass is 19.4. The lowest BCUT2D eigenvalue weighted by Crippen LogP contribution is -2.13. The summed E-state index contributed by atoms with van der Waals surface area (Å²) in [6, 6.07) is 7.57. The first kappa shape index (κ1) is 25.1. The van der Waals surface area contributed by atoms with Crippen molar-refractivity contribution in [1.29, 1.82) is 0 Å². The molecule has 178 valence electrons. The second kappa shape index (κ2) is 9.36. The van der Waals surface area contributed by atoms with Crippen LogP contribution in [-0.2, 0) is 18.8 Å². The molecule has 0 aliphatic carbocycles. The van der Waals surface area contributed by atoms with E-state index in [2.05, 4.69) is 21.5 Å². The zero-order valence-corrected chi connectivity index (χ0v) is 18.0. The number of alkyl halides is 6. The Morgan fingerprint density at radius 1 is 0.971 bits per heavy atom. The number of halogens is 7. The second-order valence-electron chi connectivity index (χ2n) is 7.39. The number of allylic oxidation sites excluding steroid dienone is 1. The van der Waals surface area contributed by atoms with Crippen LogP contribution in [0.5, 0.6) is 0 Å². The normalized spacial score (nSPS) is 12.7. The van der Waals surface area contributed by atoms with E-state index < -0.39 is 35.1 Å². The topological polar surface area (TPSA) is 38.1 Å². The molecule has 3 nitrogen and oxygen atoms in total. The summed E-state index contributed by atoms with van der Waals surface area (Å²) in [5.74, 6) is -0.830. The fourth-order valence-electron chi connectivity index (χ4n) is 3.30. The van der Waals surface area contributed by atoms with Gasteiger partial charge in [0.2, 0.25) is 0 Å². The molecular formula is C24H18F7N3. The minimum Gasteiger partial charge on any atom is -0.249 e. The number of aliphatic imine (C=N–C) groups is 1. The lowest BCUT2D eigenvalue weighted by atomic mass is 9.98. The van der Waals surface area contributed by atoms with Crippen molar-refractivity contribution in [1.82, 2.24) is 9.97 Å². The lowest BCUT2D eigenvalue weighted by Gasteiger charge is -2.15. The third-order valence-electron chi connectivity index (χ3n) is 4.90. The van der Waals surface area contributed by atoms with Gasteiger partial charge in [-0.05, 0) is 67.8 Å². The van der Waals surface area contributed by atoms with E-state index >= 15 is 0 Å². The Kier molecular flexibility index (Phi) is 6.90. The van der Waals surface area contributed by atoms with Crippen molar-refractivity contribution >= 4 is 11.4 Å². The highest BCUT2D eigenvalue weighted by Gasteiger charge is 2.38. The Bertz CT molecular complexity index is 1240. The van der Waals surface area contributed by atoms with E-state index in [1.807, 2.05) is 0 Å². The molecule has 0 aliphatic heterocycles. The van der Waals surface area contributed by atoms with Gasteiger partial charge in [-0.2, -0.15) is 26.3 Å². The molecule has 0 fully saturated rings. The maximum atomic E-state index is 13.9. The van der Waals surface area contributed by atoms with Gasteiger partial charge in [0.25, 0.3) is 0 Å². The number of hydrogen-bond donors (Lipinski definition) is 0. The first-order chi connectivity index (χ1) is 15.8. The van der Waals surface area contributed by atoms with Crippen LogP contribution in [0.4, 0.5) is 36.4 Å². The van der Waals surface area contributed by atoms with Crippen molar-refractivity contribution in [2.24, 2.45) is 4.99 Å². The summed E-state index contributed by atoms with van der Waals surface area (Å²) in [5.41, 5.74) is -2.17. The second-order valence-corrected chi connectivity index (χ2v) is 7.39. The smallest absolute Gasteiger partial charge is 0.249 e. The van der Waals surface area contributed by atoms with E-state index in [-0.39, 0.29) is 40.3 Å². The SMILES string of the molecule is C=CCc1cc(C(F)(F)F)ccc1C(C)=Nc1c(C)nc(-c2ccc(F)cc2)nc1C(F)(F)F. The minimum atomic E-state index is -4.90. The van der Waals surface area contributed by atoms with Gasteiger partial charge in [0.05, 0.1) is 11.3 Å². The predicted octanol–water partition coefficient (Wildman–Crippen LogP) is 7.50. The number of aromatic nitrogens is 2. The maximum absolute atomic E-state index is 13.9. The molecule has 0 radical (unpaired) electrons. The van der Waals surface area contributed by atoms with Crippen LogP contribution in [0, 0.1) is 12.7 Å². The summed E-state index contributed by atoms with van der Waals surface area (Å²) < 4.78 is 94.1. The first-order valence-corrected chi connectivity index (χ1v) is 9.89. The molecule has 34 heavy (non-hydrogen) atoms. The summed E-state index contributed by atoms with van der Waals surface area (Å²) in [5, 5.41) is 0. The average Bonchev–Trinajstić information content (AvgIpc) is 2.74. The number of hydrogen-bond acceptors (Lipinski definition) is 3. The van der Waals surface area contributed by atoms with Gasteiger partial charge in [-0.15, -0.1) is 6.58 Å². The van der Waals surface area contributed by atoms with E-state index in [1.54, 1.807) is 0 Å². The molecule has 1 heterocycles. The average molecular weight is 481 g/mol. The summed E-state index contributed by atoms with van der Waals surface area (Å²) in [4.78, 5) is 11.8. The van der Waals surface area contributed by atoms with Crippen LogP contribution in [0.2, 0.25) is 0 Å².